The number of halogens is 1. The smallest absolute Gasteiger partial charge is 0.273 e. The van der Waals surface area contributed by atoms with Crippen molar-refractivity contribution in [3.8, 4) is 11.5 Å². The van der Waals surface area contributed by atoms with E-state index < -0.39 is 17.6 Å². The number of amides is 2. The molecule has 0 atom stereocenters. The van der Waals surface area contributed by atoms with Gasteiger partial charge in [-0.3, -0.25) is 9.59 Å². The van der Waals surface area contributed by atoms with Gasteiger partial charge in [0.15, 0.2) is 11.5 Å². The molecule has 3 aromatic carbocycles. The summed E-state index contributed by atoms with van der Waals surface area (Å²) in [5, 5.41) is 6.77. The van der Waals surface area contributed by atoms with Gasteiger partial charge in [0.25, 0.3) is 11.8 Å². The molecule has 0 saturated heterocycles. The van der Waals surface area contributed by atoms with Gasteiger partial charge >= 0.3 is 0 Å². The van der Waals surface area contributed by atoms with E-state index >= 15 is 0 Å². The van der Waals surface area contributed by atoms with E-state index in [0.717, 1.165) is 0 Å². The molecule has 2 N–H and O–H groups in total. The minimum Gasteiger partial charge on any atom is -0.493 e. The molecule has 0 aromatic heterocycles. The first-order valence-electron chi connectivity index (χ1n) is 9.66. The van der Waals surface area contributed by atoms with Gasteiger partial charge in [0.05, 0.1) is 31.2 Å². The van der Waals surface area contributed by atoms with Gasteiger partial charge < -0.3 is 14.8 Å². The van der Waals surface area contributed by atoms with Gasteiger partial charge in [-0.1, -0.05) is 24.3 Å². The van der Waals surface area contributed by atoms with Gasteiger partial charge in [0, 0.05) is 11.1 Å². The number of anilines is 1. The number of methoxy groups -OCH3 is 2. The van der Waals surface area contributed by atoms with Gasteiger partial charge in [-0.25, -0.2) is 9.82 Å². The van der Waals surface area contributed by atoms with Crippen molar-refractivity contribution < 1.29 is 23.5 Å². The second-order valence-corrected chi connectivity index (χ2v) is 6.72. The number of carbonyl (C=O) groups is 2. The van der Waals surface area contributed by atoms with Crippen LogP contribution in [0.4, 0.5) is 10.1 Å². The first-order chi connectivity index (χ1) is 15.4. The maximum Gasteiger partial charge on any atom is 0.273 e. The number of hydrogen-bond acceptors (Lipinski definition) is 5. The molecule has 3 aromatic rings. The molecule has 32 heavy (non-hydrogen) atoms. The minimum atomic E-state index is -0.524. The van der Waals surface area contributed by atoms with Crippen LogP contribution in [0.3, 0.4) is 0 Å². The third-order valence-corrected chi connectivity index (χ3v) is 4.63. The predicted molar refractivity (Wildman–Crippen MR) is 120 cm³/mol. The van der Waals surface area contributed by atoms with Gasteiger partial charge in [-0.05, 0) is 49.4 Å². The van der Waals surface area contributed by atoms with E-state index in [0.29, 0.717) is 34.0 Å². The van der Waals surface area contributed by atoms with E-state index in [1.807, 2.05) is 0 Å². The van der Waals surface area contributed by atoms with Crippen LogP contribution in [-0.2, 0) is 0 Å². The van der Waals surface area contributed by atoms with Crippen LogP contribution in [0.5, 0.6) is 11.5 Å². The van der Waals surface area contributed by atoms with Crippen LogP contribution in [0.25, 0.3) is 0 Å². The topological polar surface area (TPSA) is 89.0 Å². The number of nitrogens with one attached hydrogen (secondary N) is 2. The van der Waals surface area contributed by atoms with E-state index in [1.54, 1.807) is 61.5 Å². The summed E-state index contributed by atoms with van der Waals surface area (Å²) in [4.78, 5) is 25.4. The molecule has 0 aliphatic heterocycles. The maximum absolute atomic E-state index is 13.4. The Morgan fingerprint density at radius 3 is 2.31 bits per heavy atom. The monoisotopic (exact) mass is 435 g/mol. The van der Waals surface area contributed by atoms with Crippen LogP contribution < -0.4 is 20.2 Å². The number of benzene rings is 3. The van der Waals surface area contributed by atoms with Crippen molar-refractivity contribution in [2.24, 2.45) is 5.10 Å². The standard InChI is InChI=1S/C24H22FN3O4/c1-15(16-7-6-8-18(25)13-16)27-28-24(30)19-9-4-5-10-20(19)26-23(29)17-11-12-21(31-2)22(14-17)32-3/h4-14H,1-3H3,(H,26,29)(H,28,30)/b27-15+. The summed E-state index contributed by atoms with van der Waals surface area (Å²) in [5.74, 6) is -0.440. The summed E-state index contributed by atoms with van der Waals surface area (Å²) < 4.78 is 23.8. The van der Waals surface area contributed by atoms with Crippen molar-refractivity contribution >= 4 is 23.2 Å². The van der Waals surface area contributed by atoms with Crippen molar-refractivity contribution in [3.05, 3.63) is 89.2 Å². The van der Waals surface area contributed by atoms with Crippen molar-refractivity contribution in [3.63, 3.8) is 0 Å². The number of para-hydroxylation sites is 1. The molecule has 0 unspecified atom stereocenters. The first kappa shape index (κ1) is 22.5. The molecule has 0 heterocycles. The zero-order valence-electron chi connectivity index (χ0n) is 17.8. The Labute approximate surface area is 184 Å². The van der Waals surface area contributed by atoms with E-state index in [1.165, 1.54) is 26.4 Å². The fraction of sp³-hybridized carbons (Fsp3) is 0.125. The zero-order valence-corrected chi connectivity index (χ0v) is 17.8. The molecule has 0 fully saturated rings. The highest BCUT2D eigenvalue weighted by Crippen LogP contribution is 2.28. The first-order valence-corrected chi connectivity index (χ1v) is 9.66. The SMILES string of the molecule is COc1ccc(C(=O)Nc2ccccc2C(=O)N/N=C(\C)c2cccc(F)c2)cc1OC. The molecule has 0 aliphatic carbocycles. The highest BCUT2D eigenvalue weighted by Gasteiger charge is 2.16. The number of nitrogens with zero attached hydrogens (tertiary/aromatic N) is 1. The predicted octanol–water partition coefficient (Wildman–Crippen LogP) is 4.25. The molecule has 7 nitrogen and oxygen atoms in total. The van der Waals surface area contributed by atoms with Crippen molar-refractivity contribution in [1.29, 1.82) is 0 Å². The minimum absolute atomic E-state index is 0.220. The molecule has 0 saturated carbocycles. The number of ether oxygens (including phenoxy) is 2. The van der Waals surface area contributed by atoms with E-state index in [-0.39, 0.29) is 5.56 Å². The molecular weight excluding hydrogens is 413 g/mol. The third kappa shape index (κ3) is 5.28. The van der Waals surface area contributed by atoms with E-state index in [2.05, 4.69) is 15.8 Å². The fourth-order valence-corrected chi connectivity index (χ4v) is 2.93. The van der Waals surface area contributed by atoms with Crippen LogP contribution in [-0.4, -0.2) is 31.7 Å². The number of carbonyl (C=O) groups excluding carboxylic acids is 2. The van der Waals surface area contributed by atoms with Crippen LogP contribution in [0, 0.1) is 5.82 Å². The molecule has 0 spiro atoms. The maximum atomic E-state index is 13.4. The Balaban J connectivity index is 1.77. The summed E-state index contributed by atoms with van der Waals surface area (Å²) in [6, 6.07) is 17.2. The molecule has 164 valence electrons. The number of hydrazone groups is 1. The largest absolute Gasteiger partial charge is 0.493 e. The lowest BCUT2D eigenvalue weighted by molar-refractivity contribution is 0.0955. The quantitative estimate of drug-likeness (QED) is 0.429. The number of rotatable bonds is 7. The summed E-state index contributed by atoms with van der Waals surface area (Å²) in [7, 11) is 2.98. The summed E-state index contributed by atoms with van der Waals surface area (Å²) >= 11 is 0. The van der Waals surface area contributed by atoms with E-state index in [4.69, 9.17) is 9.47 Å². The Bertz CT molecular complexity index is 1180. The van der Waals surface area contributed by atoms with Gasteiger partial charge in [-0.15, -0.1) is 0 Å². The summed E-state index contributed by atoms with van der Waals surface area (Å²) in [6.45, 7) is 1.65. The lowest BCUT2D eigenvalue weighted by Gasteiger charge is -2.12. The van der Waals surface area contributed by atoms with Gasteiger partial charge in [0.1, 0.15) is 5.82 Å². The highest BCUT2D eigenvalue weighted by atomic mass is 19.1. The highest BCUT2D eigenvalue weighted by molar-refractivity contribution is 6.09. The molecule has 2 amide bonds. The Kier molecular flexibility index (Phi) is 7.17. The third-order valence-electron chi connectivity index (χ3n) is 4.63. The van der Waals surface area contributed by atoms with Crippen molar-refractivity contribution in [2.75, 3.05) is 19.5 Å². The molecule has 0 bridgehead atoms. The molecule has 0 aliphatic rings. The summed E-state index contributed by atoms with van der Waals surface area (Å²) in [5.41, 5.74) is 4.28. The molecular formula is C24H22FN3O4. The summed E-state index contributed by atoms with van der Waals surface area (Å²) in [6.07, 6.45) is 0. The lowest BCUT2D eigenvalue weighted by atomic mass is 10.1. The van der Waals surface area contributed by atoms with Crippen LogP contribution in [0.15, 0.2) is 71.8 Å². The van der Waals surface area contributed by atoms with Crippen LogP contribution in [0.2, 0.25) is 0 Å². The lowest BCUT2D eigenvalue weighted by Crippen LogP contribution is -2.22. The Morgan fingerprint density at radius 2 is 1.59 bits per heavy atom. The second-order valence-electron chi connectivity index (χ2n) is 6.72. The van der Waals surface area contributed by atoms with Crippen molar-refractivity contribution in [2.45, 2.75) is 6.92 Å². The zero-order chi connectivity index (χ0) is 23.1. The number of hydrogen-bond donors (Lipinski definition) is 2. The average Bonchev–Trinajstić information content (AvgIpc) is 2.82. The molecule has 0 radical (unpaired) electrons. The Morgan fingerprint density at radius 1 is 0.844 bits per heavy atom. The second kappa shape index (κ2) is 10.2. The van der Waals surface area contributed by atoms with Crippen LogP contribution >= 0.6 is 0 Å². The molecule has 8 heteroatoms. The van der Waals surface area contributed by atoms with Crippen molar-refractivity contribution in [1.82, 2.24) is 5.43 Å². The van der Waals surface area contributed by atoms with Gasteiger partial charge in [-0.2, -0.15) is 5.10 Å². The fourth-order valence-electron chi connectivity index (χ4n) is 2.93. The van der Waals surface area contributed by atoms with Crippen LogP contribution in [0.1, 0.15) is 33.2 Å². The van der Waals surface area contributed by atoms with E-state index in [9.17, 15) is 14.0 Å². The average molecular weight is 435 g/mol. The Hall–Kier alpha value is -4.20. The van der Waals surface area contributed by atoms with Gasteiger partial charge in [0.2, 0.25) is 0 Å². The molecule has 3 rings (SSSR count). The normalized spacial score (nSPS) is 10.9.